The number of rotatable bonds is 7. The monoisotopic (exact) mass is 210 g/mol. The second-order valence-electron chi connectivity index (χ2n) is 4.37. The number of esters is 1. The van der Waals surface area contributed by atoms with Crippen molar-refractivity contribution in [1.29, 1.82) is 0 Å². The zero-order chi connectivity index (χ0) is 11.1. The highest BCUT2D eigenvalue weighted by Gasteiger charge is 2.19. The summed E-state index contributed by atoms with van der Waals surface area (Å²) in [5.41, 5.74) is 1.13. The fraction of sp³-hybridized carbons (Fsp3) is 0.769. The van der Waals surface area contributed by atoms with Crippen LogP contribution in [0.25, 0.3) is 0 Å². The summed E-state index contributed by atoms with van der Waals surface area (Å²) in [7, 11) is 0. The highest BCUT2D eigenvalue weighted by molar-refractivity contribution is 5.76. The minimum atomic E-state index is -0.0755. The first kappa shape index (κ1) is 12.3. The van der Waals surface area contributed by atoms with Crippen molar-refractivity contribution in [2.24, 2.45) is 0 Å². The van der Waals surface area contributed by atoms with Crippen molar-refractivity contribution in [3.8, 4) is 0 Å². The van der Waals surface area contributed by atoms with Gasteiger partial charge in [0.2, 0.25) is 0 Å². The van der Waals surface area contributed by atoms with Crippen LogP contribution in [-0.4, -0.2) is 5.97 Å². The van der Waals surface area contributed by atoms with E-state index < -0.39 is 0 Å². The molecule has 0 atom stereocenters. The standard InChI is InChI=1S/C13H22O2/c1-3-4-5-6-7-8-9-12-11(2)10-13(14)15-12/h3-10H2,1-2H3. The molecule has 0 saturated carbocycles. The van der Waals surface area contributed by atoms with E-state index in [4.69, 9.17) is 4.74 Å². The first-order valence-corrected chi connectivity index (χ1v) is 6.13. The zero-order valence-electron chi connectivity index (χ0n) is 9.97. The van der Waals surface area contributed by atoms with Gasteiger partial charge < -0.3 is 4.74 Å². The Labute approximate surface area is 92.7 Å². The number of hydrogen-bond acceptors (Lipinski definition) is 2. The summed E-state index contributed by atoms with van der Waals surface area (Å²) in [4.78, 5) is 11.0. The number of carbonyl (C=O) groups excluding carboxylic acids is 1. The van der Waals surface area contributed by atoms with Gasteiger partial charge in [-0.25, -0.2) is 0 Å². The number of hydrogen-bond donors (Lipinski definition) is 0. The van der Waals surface area contributed by atoms with Crippen molar-refractivity contribution in [3.63, 3.8) is 0 Å². The molecular weight excluding hydrogens is 188 g/mol. The quantitative estimate of drug-likeness (QED) is 0.469. The number of carbonyl (C=O) groups is 1. The molecule has 0 fully saturated rings. The molecule has 0 unspecified atom stereocenters. The van der Waals surface area contributed by atoms with Gasteiger partial charge in [-0.1, -0.05) is 39.0 Å². The van der Waals surface area contributed by atoms with Crippen LogP contribution in [0.3, 0.4) is 0 Å². The van der Waals surface area contributed by atoms with Crippen LogP contribution in [0.1, 0.15) is 65.2 Å². The lowest BCUT2D eigenvalue weighted by Gasteiger charge is -2.03. The third-order valence-electron chi connectivity index (χ3n) is 2.88. The molecule has 0 aromatic carbocycles. The first-order chi connectivity index (χ1) is 7.24. The van der Waals surface area contributed by atoms with E-state index in [-0.39, 0.29) is 5.97 Å². The van der Waals surface area contributed by atoms with Crippen LogP contribution in [0, 0.1) is 0 Å². The number of unbranched alkanes of at least 4 members (excludes halogenated alkanes) is 5. The normalized spacial score (nSPS) is 16.0. The molecule has 15 heavy (non-hydrogen) atoms. The van der Waals surface area contributed by atoms with Crippen molar-refractivity contribution in [1.82, 2.24) is 0 Å². The summed E-state index contributed by atoms with van der Waals surface area (Å²) < 4.78 is 5.14. The lowest BCUT2D eigenvalue weighted by Crippen LogP contribution is -1.93. The predicted molar refractivity (Wildman–Crippen MR) is 61.4 cm³/mol. The molecule has 0 N–H and O–H groups in total. The van der Waals surface area contributed by atoms with Crippen LogP contribution < -0.4 is 0 Å². The average molecular weight is 210 g/mol. The van der Waals surface area contributed by atoms with Crippen LogP contribution >= 0.6 is 0 Å². The maximum atomic E-state index is 11.0. The fourth-order valence-electron chi connectivity index (χ4n) is 1.91. The van der Waals surface area contributed by atoms with E-state index in [1.54, 1.807) is 0 Å². The second-order valence-corrected chi connectivity index (χ2v) is 4.37. The Bertz CT molecular complexity index is 241. The van der Waals surface area contributed by atoms with Gasteiger partial charge in [-0.15, -0.1) is 0 Å². The molecule has 0 radical (unpaired) electrons. The molecular formula is C13H22O2. The Kier molecular flexibility index (Phi) is 5.44. The van der Waals surface area contributed by atoms with Gasteiger partial charge in [0, 0.05) is 6.42 Å². The van der Waals surface area contributed by atoms with Gasteiger partial charge in [-0.2, -0.15) is 0 Å². The Morgan fingerprint density at radius 2 is 1.80 bits per heavy atom. The van der Waals surface area contributed by atoms with Gasteiger partial charge in [0.25, 0.3) is 0 Å². The Hall–Kier alpha value is -0.790. The molecule has 1 heterocycles. The topological polar surface area (TPSA) is 26.3 Å². The van der Waals surface area contributed by atoms with Crippen LogP contribution in [0.15, 0.2) is 11.3 Å². The Morgan fingerprint density at radius 1 is 1.13 bits per heavy atom. The van der Waals surface area contributed by atoms with Crippen molar-refractivity contribution in [2.75, 3.05) is 0 Å². The van der Waals surface area contributed by atoms with Crippen molar-refractivity contribution in [3.05, 3.63) is 11.3 Å². The highest BCUT2D eigenvalue weighted by atomic mass is 16.5. The molecule has 0 aromatic rings. The van der Waals surface area contributed by atoms with Crippen molar-refractivity contribution in [2.45, 2.75) is 65.2 Å². The molecule has 0 saturated heterocycles. The van der Waals surface area contributed by atoms with Crippen LogP contribution in [0.5, 0.6) is 0 Å². The summed E-state index contributed by atoms with van der Waals surface area (Å²) in [6.07, 6.45) is 9.16. The molecule has 1 aliphatic rings. The summed E-state index contributed by atoms with van der Waals surface area (Å²) in [6.45, 7) is 4.23. The van der Waals surface area contributed by atoms with E-state index in [0.29, 0.717) is 6.42 Å². The number of cyclic esters (lactones) is 1. The van der Waals surface area contributed by atoms with Gasteiger partial charge >= 0.3 is 5.97 Å². The molecule has 0 bridgehead atoms. The van der Waals surface area contributed by atoms with E-state index in [1.807, 2.05) is 6.92 Å². The molecule has 1 rings (SSSR count). The van der Waals surface area contributed by atoms with Crippen LogP contribution in [0.4, 0.5) is 0 Å². The molecule has 0 aromatic heterocycles. The summed E-state index contributed by atoms with van der Waals surface area (Å²) >= 11 is 0. The molecule has 86 valence electrons. The minimum Gasteiger partial charge on any atom is -0.431 e. The van der Waals surface area contributed by atoms with Crippen LogP contribution in [0.2, 0.25) is 0 Å². The summed E-state index contributed by atoms with van der Waals surface area (Å²) in [5.74, 6) is 0.865. The number of allylic oxidation sites excluding steroid dienone is 1. The van der Waals surface area contributed by atoms with E-state index in [2.05, 4.69) is 6.92 Å². The first-order valence-electron chi connectivity index (χ1n) is 6.13. The SMILES string of the molecule is CCCCCCCCC1=C(C)CC(=O)O1. The predicted octanol–water partition coefficient (Wildman–Crippen LogP) is 3.96. The smallest absolute Gasteiger partial charge is 0.315 e. The minimum absolute atomic E-state index is 0.0755. The molecule has 1 aliphatic heterocycles. The van der Waals surface area contributed by atoms with Crippen LogP contribution in [-0.2, 0) is 9.53 Å². The van der Waals surface area contributed by atoms with Gasteiger partial charge in [-0.3, -0.25) is 4.79 Å². The second kappa shape index (κ2) is 6.65. The third-order valence-corrected chi connectivity index (χ3v) is 2.88. The molecule has 0 aliphatic carbocycles. The molecule has 0 amide bonds. The van der Waals surface area contributed by atoms with Gasteiger partial charge in [-0.05, 0) is 18.9 Å². The Morgan fingerprint density at radius 3 is 2.40 bits per heavy atom. The fourth-order valence-corrected chi connectivity index (χ4v) is 1.91. The van der Waals surface area contributed by atoms with E-state index in [0.717, 1.165) is 24.2 Å². The third kappa shape index (κ3) is 4.50. The maximum Gasteiger partial charge on any atom is 0.315 e. The largest absolute Gasteiger partial charge is 0.431 e. The van der Waals surface area contributed by atoms with Crippen molar-refractivity contribution >= 4 is 5.97 Å². The number of ether oxygens (including phenoxy) is 1. The molecule has 0 spiro atoms. The van der Waals surface area contributed by atoms with E-state index in [1.165, 1.54) is 32.1 Å². The summed E-state index contributed by atoms with van der Waals surface area (Å²) in [6, 6.07) is 0. The zero-order valence-corrected chi connectivity index (χ0v) is 9.97. The van der Waals surface area contributed by atoms with Gasteiger partial charge in [0.15, 0.2) is 0 Å². The molecule has 2 heteroatoms. The van der Waals surface area contributed by atoms with Crippen molar-refractivity contribution < 1.29 is 9.53 Å². The maximum absolute atomic E-state index is 11.0. The van der Waals surface area contributed by atoms with Gasteiger partial charge in [0.1, 0.15) is 5.76 Å². The highest BCUT2D eigenvalue weighted by Crippen LogP contribution is 2.24. The average Bonchev–Trinajstić information content (AvgIpc) is 2.51. The van der Waals surface area contributed by atoms with E-state index >= 15 is 0 Å². The van der Waals surface area contributed by atoms with E-state index in [9.17, 15) is 4.79 Å². The summed E-state index contributed by atoms with van der Waals surface area (Å²) in [5, 5.41) is 0. The lowest BCUT2D eigenvalue weighted by atomic mass is 10.1. The molecule has 2 nitrogen and oxygen atoms in total. The lowest BCUT2D eigenvalue weighted by molar-refractivity contribution is -0.136. The van der Waals surface area contributed by atoms with Gasteiger partial charge in [0.05, 0.1) is 6.42 Å². The Balaban J connectivity index is 2.05.